The number of anilines is 1. The monoisotopic (exact) mass is 437 g/mol. The molecule has 158 valence electrons. The van der Waals surface area contributed by atoms with Crippen molar-refractivity contribution in [1.82, 2.24) is 10.1 Å². The minimum atomic E-state index is -0.439. The van der Waals surface area contributed by atoms with Crippen LogP contribution >= 0.6 is 11.3 Å². The summed E-state index contributed by atoms with van der Waals surface area (Å²) in [4.78, 5) is 28.8. The molecular weight excluding hydrogens is 418 g/mol. The van der Waals surface area contributed by atoms with Crippen LogP contribution in [0, 0.1) is 0 Å². The highest BCUT2D eigenvalue weighted by Crippen LogP contribution is 2.28. The molecule has 2 aromatic carbocycles. The maximum atomic E-state index is 12.6. The lowest BCUT2D eigenvalue weighted by molar-refractivity contribution is 0.0526. The molecule has 0 atom stereocenters. The van der Waals surface area contributed by atoms with Gasteiger partial charge in [0.25, 0.3) is 5.91 Å². The summed E-state index contributed by atoms with van der Waals surface area (Å²) in [7, 11) is 0. The first-order valence-corrected chi connectivity index (χ1v) is 10.5. The molecule has 9 heteroatoms. The van der Waals surface area contributed by atoms with Gasteiger partial charge >= 0.3 is 5.97 Å². The number of hydrogen-bond acceptors (Lipinski definition) is 8. The number of carbonyl (C=O) groups excluding carboxylic acids is 2. The molecule has 0 saturated carbocycles. The van der Waals surface area contributed by atoms with Crippen LogP contribution in [0.25, 0.3) is 21.5 Å². The van der Waals surface area contributed by atoms with Crippen LogP contribution in [-0.4, -0.2) is 35.2 Å². The van der Waals surface area contributed by atoms with Gasteiger partial charge in [-0.3, -0.25) is 10.1 Å². The molecule has 0 aliphatic heterocycles. The van der Waals surface area contributed by atoms with E-state index in [1.165, 1.54) is 11.3 Å². The van der Waals surface area contributed by atoms with Crippen LogP contribution in [-0.2, 0) is 4.74 Å². The minimum Gasteiger partial charge on any atom is -0.494 e. The lowest BCUT2D eigenvalue weighted by Gasteiger charge is -2.02. The van der Waals surface area contributed by atoms with Gasteiger partial charge in [-0.05, 0) is 56.3 Å². The van der Waals surface area contributed by atoms with Gasteiger partial charge in [0, 0.05) is 11.6 Å². The van der Waals surface area contributed by atoms with Crippen LogP contribution in [0.5, 0.6) is 5.75 Å². The maximum absolute atomic E-state index is 12.6. The number of nitrogens with zero attached hydrogens (tertiary/aromatic N) is 2. The second-order valence-electron chi connectivity index (χ2n) is 6.41. The number of esters is 1. The van der Waals surface area contributed by atoms with Gasteiger partial charge in [0.1, 0.15) is 5.75 Å². The third kappa shape index (κ3) is 4.56. The summed E-state index contributed by atoms with van der Waals surface area (Å²) in [5.41, 5.74) is 2.02. The van der Waals surface area contributed by atoms with Crippen molar-refractivity contribution in [3.63, 3.8) is 0 Å². The zero-order chi connectivity index (χ0) is 21.8. The largest absolute Gasteiger partial charge is 0.494 e. The fourth-order valence-electron chi connectivity index (χ4n) is 2.88. The molecular formula is C22H19N3O5S. The first-order valence-electron chi connectivity index (χ1n) is 9.66. The topological polar surface area (TPSA) is 104 Å². The summed E-state index contributed by atoms with van der Waals surface area (Å²) in [6, 6.07) is 13.9. The molecule has 2 heterocycles. The van der Waals surface area contributed by atoms with Crippen molar-refractivity contribution in [1.29, 1.82) is 0 Å². The Bertz CT molecular complexity index is 1230. The predicted octanol–water partition coefficient (Wildman–Crippen LogP) is 4.78. The molecule has 0 bridgehead atoms. The number of nitrogens with one attached hydrogen (secondary N) is 1. The van der Waals surface area contributed by atoms with Crippen molar-refractivity contribution >= 4 is 38.6 Å². The van der Waals surface area contributed by atoms with E-state index in [1.807, 2.05) is 31.2 Å². The fourth-order valence-corrected chi connectivity index (χ4v) is 3.78. The van der Waals surface area contributed by atoms with Gasteiger partial charge < -0.3 is 14.0 Å². The van der Waals surface area contributed by atoms with Gasteiger partial charge in [-0.15, -0.1) is 0 Å². The Labute approximate surface area is 181 Å². The Hall–Kier alpha value is -3.72. The van der Waals surface area contributed by atoms with E-state index >= 15 is 0 Å². The molecule has 4 rings (SSSR count). The standard InChI is InChI=1S/C22H19N3O5S/c1-3-28-15-8-5-13(6-9-15)18-12-17(25-30-18)20(26)24-22-23-16-10-7-14(11-19(16)31-22)21(27)29-4-2/h5-12H,3-4H2,1-2H3,(H,23,24,26). The van der Waals surface area contributed by atoms with Gasteiger partial charge in [-0.2, -0.15) is 0 Å². The smallest absolute Gasteiger partial charge is 0.338 e. The zero-order valence-electron chi connectivity index (χ0n) is 16.9. The molecule has 0 unspecified atom stereocenters. The van der Waals surface area contributed by atoms with Crippen LogP contribution in [0.15, 0.2) is 53.1 Å². The SMILES string of the molecule is CCOC(=O)c1ccc2nc(NC(=O)c3cc(-c4ccc(OCC)cc4)on3)sc2c1. The van der Waals surface area contributed by atoms with Gasteiger partial charge in [-0.25, -0.2) is 9.78 Å². The van der Waals surface area contributed by atoms with Crippen molar-refractivity contribution < 1.29 is 23.6 Å². The zero-order valence-corrected chi connectivity index (χ0v) is 17.7. The van der Waals surface area contributed by atoms with Crippen LogP contribution < -0.4 is 10.1 Å². The second-order valence-corrected chi connectivity index (χ2v) is 7.44. The van der Waals surface area contributed by atoms with Gasteiger partial charge in [0.2, 0.25) is 0 Å². The summed E-state index contributed by atoms with van der Waals surface area (Å²) >= 11 is 1.26. The Kier molecular flexibility index (Phi) is 5.94. The van der Waals surface area contributed by atoms with Gasteiger partial charge in [0.15, 0.2) is 16.6 Å². The van der Waals surface area contributed by atoms with Crippen molar-refractivity contribution in [2.75, 3.05) is 18.5 Å². The van der Waals surface area contributed by atoms with Crippen molar-refractivity contribution in [3.8, 4) is 17.1 Å². The number of fused-ring (bicyclic) bond motifs is 1. The van der Waals surface area contributed by atoms with Gasteiger partial charge in [-0.1, -0.05) is 16.5 Å². The highest BCUT2D eigenvalue weighted by molar-refractivity contribution is 7.22. The van der Waals surface area contributed by atoms with Crippen LogP contribution in [0.4, 0.5) is 5.13 Å². The Morgan fingerprint density at radius 3 is 2.61 bits per heavy atom. The van der Waals surface area contributed by atoms with Crippen molar-refractivity contribution in [2.24, 2.45) is 0 Å². The van der Waals surface area contributed by atoms with Crippen LogP contribution in [0.2, 0.25) is 0 Å². The summed E-state index contributed by atoms with van der Waals surface area (Å²) in [6.07, 6.45) is 0. The predicted molar refractivity (Wildman–Crippen MR) is 117 cm³/mol. The average Bonchev–Trinajstić information content (AvgIpc) is 3.41. The Balaban J connectivity index is 1.48. The number of carbonyl (C=O) groups is 2. The number of amides is 1. The molecule has 0 aliphatic carbocycles. The quantitative estimate of drug-likeness (QED) is 0.415. The lowest BCUT2D eigenvalue weighted by Crippen LogP contribution is -2.11. The van der Waals surface area contributed by atoms with E-state index in [4.69, 9.17) is 14.0 Å². The maximum Gasteiger partial charge on any atom is 0.338 e. The third-order valence-corrected chi connectivity index (χ3v) is 5.25. The number of ether oxygens (including phenoxy) is 2. The van der Waals surface area contributed by atoms with Crippen LogP contribution in [0.1, 0.15) is 34.7 Å². The minimum absolute atomic E-state index is 0.135. The summed E-state index contributed by atoms with van der Waals surface area (Å²) in [6.45, 7) is 4.56. The second kappa shape index (κ2) is 8.97. The van der Waals surface area contributed by atoms with E-state index < -0.39 is 11.9 Å². The third-order valence-electron chi connectivity index (χ3n) is 4.31. The van der Waals surface area contributed by atoms with E-state index in [9.17, 15) is 9.59 Å². The number of hydrogen-bond donors (Lipinski definition) is 1. The lowest BCUT2D eigenvalue weighted by atomic mass is 10.1. The molecule has 1 N–H and O–H groups in total. The summed E-state index contributed by atoms with van der Waals surface area (Å²) in [5, 5.41) is 6.97. The molecule has 1 amide bonds. The first kappa shape index (κ1) is 20.5. The average molecular weight is 437 g/mol. The van der Waals surface area contributed by atoms with E-state index in [-0.39, 0.29) is 5.69 Å². The van der Waals surface area contributed by atoms with Crippen molar-refractivity contribution in [2.45, 2.75) is 13.8 Å². The highest BCUT2D eigenvalue weighted by atomic mass is 32.1. The summed E-state index contributed by atoms with van der Waals surface area (Å²) in [5.74, 6) is 0.390. The highest BCUT2D eigenvalue weighted by Gasteiger charge is 2.17. The van der Waals surface area contributed by atoms with Gasteiger partial charge in [0.05, 0.1) is 29.0 Å². The first-order chi connectivity index (χ1) is 15.1. The molecule has 0 saturated heterocycles. The normalized spacial score (nSPS) is 10.8. The van der Waals surface area contributed by atoms with E-state index in [2.05, 4.69) is 15.5 Å². The summed E-state index contributed by atoms with van der Waals surface area (Å²) < 4.78 is 16.5. The van der Waals surface area contributed by atoms with E-state index in [1.54, 1.807) is 31.2 Å². The molecule has 4 aromatic rings. The Morgan fingerprint density at radius 1 is 1.06 bits per heavy atom. The molecule has 0 spiro atoms. The molecule has 8 nitrogen and oxygen atoms in total. The molecule has 0 radical (unpaired) electrons. The van der Waals surface area contributed by atoms with E-state index in [0.717, 1.165) is 16.0 Å². The fraction of sp³-hybridized carbons (Fsp3) is 0.182. The van der Waals surface area contributed by atoms with E-state index in [0.29, 0.717) is 35.2 Å². The number of aromatic nitrogens is 2. The number of thiazole rings is 1. The molecule has 0 fully saturated rings. The number of rotatable bonds is 7. The van der Waals surface area contributed by atoms with Crippen LogP contribution in [0.3, 0.4) is 0 Å². The molecule has 2 aromatic heterocycles. The van der Waals surface area contributed by atoms with Crippen molar-refractivity contribution in [3.05, 3.63) is 59.8 Å². The number of benzene rings is 2. The molecule has 31 heavy (non-hydrogen) atoms. The Morgan fingerprint density at radius 2 is 1.87 bits per heavy atom. The molecule has 0 aliphatic rings.